The molecule has 0 spiro atoms. The number of aliphatic carboxylic acids is 1. The van der Waals surface area contributed by atoms with Crippen LogP contribution in [0.4, 0.5) is 8.78 Å². The van der Waals surface area contributed by atoms with Crippen molar-refractivity contribution in [2.45, 2.75) is 33.1 Å². The lowest BCUT2D eigenvalue weighted by Crippen LogP contribution is -2.26. The van der Waals surface area contributed by atoms with E-state index in [1.807, 2.05) is 0 Å². The molecule has 45 heavy (non-hydrogen) atoms. The van der Waals surface area contributed by atoms with Gasteiger partial charge in [-0.15, -0.1) is 22.7 Å². The number of Topliss-reactive ketones (excluding diaryl/α,β-unsaturated/α-hetero) is 2. The first-order valence-corrected chi connectivity index (χ1v) is 16.4. The van der Waals surface area contributed by atoms with Crippen molar-refractivity contribution in [1.82, 2.24) is 0 Å². The van der Waals surface area contributed by atoms with E-state index < -0.39 is 39.9 Å². The van der Waals surface area contributed by atoms with Gasteiger partial charge in [0.2, 0.25) is 0 Å². The summed E-state index contributed by atoms with van der Waals surface area (Å²) in [6, 6.07) is 5.81. The number of carbonyl (C=O) groups excluding carboxylic acids is 2. The molecule has 0 radical (unpaired) electrons. The Morgan fingerprint density at radius 2 is 1.31 bits per heavy atom. The van der Waals surface area contributed by atoms with Crippen molar-refractivity contribution in [1.29, 1.82) is 0 Å². The van der Waals surface area contributed by atoms with E-state index in [1.54, 1.807) is 0 Å². The Morgan fingerprint density at radius 3 is 1.73 bits per heavy atom. The molecule has 0 fully saturated rings. The second kappa shape index (κ2) is 14.2. The number of benzene rings is 2. The number of methoxy groups -OCH3 is 2. The quantitative estimate of drug-likeness (QED) is 0.0740. The van der Waals surface area contributed by atoms with Crippen molar-refractivity contribution in [2.75, 3.05) is 33.2 Å². The van der Waals surface area contributed by atoms with E-state index in [9.17, 15) is 23.7 Å². The summed E-state index contributed by atoms with van der Waals surface area (Å²) in [4.78, 5) is 37.0. The molecule has 0 aliphatic rings. The molecule has 0 aliphatic heterocycles. The number of thiophene rings is 2. The number of ketones is 2. The van der Waals surface area contributed by atoms with Crippen LogP contribution < -0.4 is 18.9 Å². The fourth-order valence-electron chi connectivity index (χ4n) is 4.32. The molecule has 0 amide bonds. The molecule has 0 bridgehead atoms. The molecule has 2 N–H and O–H groups in total. The van der Waals surface area contributed by atoms with Crippen LogP contribution in [0.2, 0.25) is 0 Å². The van der Waals surface area contributed by atoms with Crippen LogP contribution in [-0.4, -0.2) is 64.6 Å². The minimum Gasteiger partial charge on any atom is -0.493 e. The minimum absolute atomic E-state index is 0.0420. The predicted molar refractivity (Wildman–Crippen MR) is 167 cm³/mol. The van der Waals surface area contributed by atoms with Gasteiger partial charge >= 0.3 is 5.97 Å². The van der Waals surface area contributed by atoms with Crippen molar-refractivity contribution in [3.8, 4) is 23.0 Å². The molecule has 4 rings (SSSR count). The number of fused-ring (bicyclic) bond motifs is 2. The van der Waals surface area contributed by atoms with Gasteiger partial charge in [0.25, 0.3) is 0 Å². The van der Waals surface area contributed by atoms with Gasteiger partial charge in [-0.25, -0.2) is 13.0 Å². The fourth-order valence-corrected chi connectivity index (χ4v) is 6.76. The first kappa shape index (κ1) is 34.2. The summed E-state index contributed by atoms with van der Waals surface area (Å²) < 4.78 is 73.6. The molecule has 0 saturated carbocycles. The summed E-state index contributed by atoms with van der Waals surface area (Å²) in [7, 11) is 2.68. The van der Waals surface area contributed by atoms with Crippen molar-refractivity contribution in [2.24, 2.45) is 5.41 Å². The molecule has 1 atom stereocenters. The summed E-state index contributed by atoms with van der Waals surface area (Å²) in [6.07, 6.45) is -0.215. The maximum Gasteiger partial charge on any atom is 0.309 e. The first-order chi connectivity index (χ1) is 21.3. The Hall–Kier alpha value is -3.66. The number of carboxylic acid groups (broad SMARTS) is 1. The highest BCUT2D eigenvalue weighted by atomic mass is 32.2. The first-order valence-electron chi connectivity index (χ1n) is 13.5. The van der Waals surface area contributed by atoms with E-state index in [0.29, 0.717) is 9.40 Å². The van der Waals surface area contributed by atoms with Crippen LogP contribution in [-0.2, 0) is 15.9 Å². The average Bonchev–Trinajstić information content (AvgIpc) is 3.62. The maximum absolute atomic E-state index is 15.5. The van der Waals surface area contributed by atoms with Crippen molar-refractivity contribution < 1.29 is 56.0 Å². The molecule has 242 valence electrons. The van der Waals surface area contributed by atoms with E-state index in [-0.39, 0.29) is 87.5 Å². The molecule has 0 saturated heterocycles. The molecule has 2 aromatic carbocycles. The summed E-state index contributed by atoms with van der Waals surface area (Å²) >= 11 is -0.0584. The highest BCUT2D eigenvalue weighted by Crippen LogP contribution is 2.42. The summed E-state index contributed by atoms with van der Waals surface area (Å²) in [6.45, 7) is 2.80. The Morgan fingerprint density at radius 1 is 0.844 bits per heavy atom. The van der Waals surface area contributed by atoms with Gasteiger partial charge < -0.3 is 28.6 Å². The highest BCUT2D eigenvalue weighted by Gasteiger charge is 2.31. The normalized spacial score (nSPS) is 12.3. The van der Waals surface area contributed by atoms with Crippen LogP contribution in [0.1, 0.15) is 52.5 Å². The topological polar surface area (TPSA) is 146 Å². The van der Waals surface area contributed by atoms with Gasteiger partial charge in [-0.1, -0.05) is 0 Å². The highest BCUT2D eigenvalue weighted by molar-refractivity contribution is 7.79. The second-order valence-electron chi connectivity index (χ2n) is 10.5. The monoisotopic (exact) mass is 684 g/mol. The largest absolute Gasteiger partial charge is 0.493 e. The minimum atomic E-state index is -2.12. The van der Waals surface area contributed by atoms with E-state index in [0.717, 1.165) is 22.7 Å². The summed E-state index contributed by atoms with van der Waals surface area (Å²) in [5, 5.41) is 9.61. The standard InChI is InChI=1S/C30H30F2O10S3/c1-30(2,29(35)36)14-18(34)24-11-16-22(44-24)13-20(40-4)28(26(16)32)42-8-5-7-41-27-19(39-3)12-21-15(25(27)31)10-23(43-21)17(33)6-9-45(37)38/h10-13H,5-9,14H2,1-4H3,(H,35,36)(H,37,38). The summed E-state index contributed by atoms with van der Waals surface area (Å²) in [5.74, 6) is -3.79. The number of hydrogen-bond donors (Lipinski definition) is 2. The Bertz CT molecular complexity index is 1790. The molecular formula is C30H30F2O10S3. The zero-order valence-electron chi connectivity index (χ0n) is 24.7. The van der Waals surface area contributed by atoms with Crippen LogP contribution in [0.15, 0.2) is 24.3 Å². The van der Waals surface area contributed by atoms with Crippen LogP contribution in [0.25, 0.3) is 20.2 Å². The van der Waals surface area contributed by atoms with Crippen molar-refractivity contribution in [3.63, 3.8) is 0 Å². The number of rotatable bonds is 16. The predicted octanol–water partition coefficient (Wildman–Crippen LogP) is 6.74. The lowest BCUT2D eigenvalue weighted by molar-refractivity contribution is -0.146. The van der Waals surface area contributed by atoms with Crippen molar-refractivity contribution in [3.05, 3.63) is 45.7 Å². The third-order valence-electron chi connectivity index (χ3n) is 6.82. The smallest absolute Gasteiger partial charge is 0.309 e. The molecule has 0 aliphatic carbocycles. The molecule has 15 heteroatoms. The van der Waals surface area contributed by atoms with Crippen molar-refractivity contribution >= 4 is 71.5 Å². The molecule has 2 heterocycles. The molecule has 2 aromatic heterocycles. The van der Waals surface area contributed by atoms with Crippen LogP contribution >= 0.6 is 22.7 Å². The number of carbonyl (C=O) groups is 3. The number of carboxylic acids is 1. The molecule has 10 nitrogen and oxygen atoms in total. The Kier molecular flexibility index (Phi) is 10.8. The van der Waals surface area contributed by atoms with Gasteiger partial charge in [0, 0.05) is 51.6 Å². The Balaban J connectivity index is 1.45. The third-order valence-corrected chi connectivity index (χ3v) is 9.62. The lowest BCUT2D eigenvalue weighted by atomic mass is 9.87. The van der Waals surface area contributed by atoms with E-state index in [2.05, 4.69) is 0 Å². The van der Waals surface area contributed by atoms with Gasteiger partial charge in [0.15, 0.2) is 57.3 Å². The van der Waals surface area contributed by atoms with Crippen LogP contribution in [0, 0.1) is 17.0 Å². The number of ether oxygens (including phenoxy) is 4. The van der Waals surface area contributed by atoms with Crippen LogP contribution in [0.3, 0.4) is 0 Å². The third kappa shape index (κ3) is 7.60. The number of hydrogen-bond acceptors (Lipinski definition) is 10. The fraction of sp³-hybridized carbons (Fsp3) is 0.367. The summed E-state index contributed by atoms with van der Waals surface area (Å²) in [5.41, 5.74) is -1.28. The van der Waals surface area contributed by atoms with Gasteiger partial charge in [-0.2, -0.15) is 0 Å². The SMILES string of the molecule is COc1cc2sc(C(=O)CCS(=O)O)cc2c(F)c1OCCCOc1c(OC)cc2sc(C(=O)CC(C)(C)C(=O)O)cc2c1F. The zero-order valence-corrected chi connectivity index (χ0v) is 27.1. The van der Waals surface area contributed by atoms with Gasteiger partial charge in [0.1, 0.15) is 0 Å². The number of halogens is 2. The Labute approximate surface area is 267 Å². The zero-order chi connectivity index (χ0) is 33.1. The molecule has 4 aromatic rings. The lowest BCUT2D eigenvalue weighted by Gasteiger charge is -2.16. The van der Waals surface area contributed by atoms with Gasteiger partial charge in [-0.05, 0) is 26.0 Å². The van der Waals surface area contributed by atoms with E-state index in [4.69, 9.17) is 23.5 Å². The van der Waals surface area contributed by atoms with E-state index >= 15 is 8.78 Å². The average molecular weight is 685 g/mol. The van der Waals surface area contributed by atoms with Crippen LogP contribution in [0.5, 0.6) is 23.0 Å². The molecular weight excluding hydrogens is 655 g/mol. The van der Waals surface area contributed by atoms with E-state index in [1.165, 1.54) is 52.3 Å². The molecule has 1 unspecified atom stereocenters. The van der Waals surface area contributed by atoms with Gasteiger partial charge in [0.05, 0.1) is 48.4 Å². The second-order valence-corrected chi connectivity index (χ2v) is 13.7. The van der Waals surface area contributed by atoms with Gasteiger partial charge in [-0.3, -0.25) is 14.4 Å². The maximum atomic E-state index is 15.5.